The minimum absolute atomic E-state index is 0.103. The normalized spacial score (nSPS) is 22.3. The smallest absolute Gasteiger partial charge is 0.315 e. The van der Waals surface area contributed by atoms with Gasteiger partial charge in [-0.05, 0) is 12.8 Å². The summed E-state index contributed by atoms with van der Waals surface area (Å²) in [7, 11) is 0. The molecule has 0 radical (unpaired) electrons. The van der Waals surface area contributed by atoms with Crippen molar-refractivity contribution in [3.8, 4) is 0 Å². The van der Waals surface area contributed by atoms with Gasteiger partial charge in [-0.15, -0.1) is 0 Å². The SMILES string of the molecule is CC(F)(F)C1(C(=O)O)CC1. The molecule has 4 heteroatoms. The standard InChI is InChI=1S/C6H8F2O2/c1-5(7,8)6(2-3-6)4(9)10/h2-3H2,1H3,(H,9,10). The molecule has 2 nitrogen and oxygen atoms in total. The molecule has 0 amide bonds. The molecule has 0 aromatic heterocycles. The summed E-state index contributed by atoms with van der Waals surface area (Å²) >= 11 is 0. The Hall–Kier alpha value is -0.670. The average molecular weight is 150 g/mol. The molecular formula is C6H8F2O2. The molecule has 0 spiro atoms. The van der Waals surface area contributed by atoms with Gasteiger partial charge in [0, 0.05) is 6.92 Å². The minimum atomic E-state index is -3.07. The Balaban J connectivity index is 2.80. The van der Waals surface area contributed by atoms with Crippen LogP contribution in [-0.4, -0.2) is 17.0 Å². The van der Waals surface area contributed by atoms with Crippen LogP contribution in [0.1, 0.15) is 19.8 Å². The maximum absolute atomic E-state index is 12.4. The molecule has 1 fully saturated rings. The topological polar surface area (TPSA) is 37.3 Å². The number of hydrogen-bond acceptors (Lipinski definition) is 1. The summed E-state index contributed by atoms with van der Waals surface area (Å²) in [6.45, 7) is 0.661. The van der Waals surface area contributed by atoms with E-state index in [-0.39, 0.29) is 12.8 Å². The molecule has 0 saturated heterocycles. The number of halogens is 2. The minimum Gasteiger partial charge on any atom is -0.481 e. The summed E-state index contributed by atoms with van der Waals surface area (Å²) in [5, 5.41) is 8.36. The summed E-state index contributed by atoms with van der Waals surface area (Å²) in [5.74, 6) is -4.45. The second-order valence-electron chi connectivity index (χ2n) is 2.78. The number of carbonyl (C=O) groups is 1. The monoisotopic (exact) mass is 150 g/mol. The maximum Gasteiger partial charge on any atom is 0.315 e. The lowest BCUT2D eigenvalue weighted by Crippen LogP contribution is -2.33. The molecule has 0 heterocycles. The highest BCUT2D eigenvalue weighted by molar-refractivity contribution is 5.79. The van der Waals surface area contributed by atoms with Gasteiger partial charge in [0.1, 0.15) is 5.41 Å². The summed E-state index contributed by atoms with van der Waals surface area (Å²) in [6, 6.07) is 0. The fourth-order valence-electron chi connectivity index (χ4n) is 0.966. The predicted octanol–water partition coefficient (Wildman–Crippen LogP) is 1.51. The third-order valence-electron chi connectivity index (χ3n) is 2.00. The van der Waals surface area contributed by atoms with Gasteiger partial charge < -0.3 is 5.11 Å². The van der Waals surface area contributed by atoms with Crippen LogP contribution in [0.3, 0.4) is 0 Å². The van der Waals surface area contributed by atoms with Crippen molar-refractivity contribution in [2.45, 2.75) is 25.7 Å². The number of carboxylic acids is 1. The lowest BCUT2D eigenvalue weighted by Gasteiger charge is -2.17. The van der Waals surface area contributed by atoms with Crippen molar-refractivity contribution in [2.24, 2.45) is 5.41 Å². The zero-order valence-corrected chi connectivity index (χ0v) is 5.53. The Kier molecular flexibility index (Phi) is 1.25. The highest BCUT2D eigenvalue weighted by atomic mass is 19.3. The molecule has 10 heavy (non-hydrogen) atoms. The van der Waals surface area contributed by atoms with E-state index in [1.165, 1.54) is 0 Å². The van der Waals surface area contributed by atoms with E-state index in [4.69, 9.17) is 5.11 Å². The largest absolute Gasteiger partial charge is 0.481 e. The van der Waals surface area contributed by atoms with Crippen molar-refractivity contribution in [3.63, 3.8) is 0 Å². The highest BCUT2D eigenvalue weighted by Crippen LogP contribution is 2.56. The van der Waals surface area contributed by atoms with Gasteiger partial charge in [-0.2, -0.15) is 0 Å². The van der Waals surface area contributed by atoms with E-state index in [0.29, 0.717) is 6.92 Å². The van der Waals surface area contributed by atoms with Crippen LogP contribution in [0.4, 0.5) is 8.78 Å². The number of carboxylic acid groups (broad SMARTS) is 1. The molecule has 0 atom stereocenters. The summed E-state index contributed by atoms with van der Waals surface area (Å²) in [4.78, 5) is 10.3. The summed E-state index contributed by atoms with van der Waals surface area (Å²) in [5.41, 5.74) is -1.73. The Morgan fingerprint density at radius 1 is 1.60 bits per heavy atom. The number of rotatable bonds is 2. The van der Waals surface area contributed by atoms with E-state index in [0.717, 1.165) is 0 Å². The van der Waals surface area contributed by atoms with Gasteiger partial charge in [-0.25, -0.2) is 8.78 Å². The molecule has 0 unspecified atom stereocenters. The summed E-state index contributed by atoms with van der Waals surface area (Å²) in [6.07, 6.45) is 0.206. The highest BCUT2D eigenvalue weighted by Gasteiger charge is 2.65. The molecule has 1 aliphatic carbocycles. The Bertz CT molecular complexity index is 167. The summed E-state index contributed by atoms with van der Waals surface area (Å²) < 4.78 is 24.9. The number of hydrogen-bond donors (Lipinski definition) is 1. The lowest BCUT2D eigenvalue weighted by atomic mass is 10.0. The molecule has 58 valence electrons. The number of aliphatic carboxylic acids is 1. The molecule has 1 saturated carbocycles. The Labute approximate surface area is 56.8 Å². The first-order chi connectivity index (χ1) is 4.40. The van der Waals surface area contributed by atoms with Gasteiger partial charge in [0.15, 0.2) is 0 Å². The Morgan fingerprint density at radius 3 is 2.00 bits per heavy atom. The molecule has 0 bridgehead atoms. The second-order valence-corrected chi connectivity index (χ2v) is 2.78. The van der Waals surface area contributed by atoms with E-state index >= 15 is 0 Å². The van der Waals surface area contributed by atoms with Gasteiger partial charge >= 0.3 is 5.97 Å². The molecule has 1 rings (SSSR count). The van der Waals surface area contributed by atoms with Crippen LogP contribution in [0.15, 0.2) is 0 Å². The van der Waals surface area contributed by atoms with E-state index in [2.05, 4.69) is 0 Å². The van der Waals surface area contributed by atoms with Gasteiger partial charge in [0.2, 0.25) is 0 Å². The molecular weight excluding hydrogens is 142 g/mol. The zero-order valence-electron chi connectivity index (χ0n) is 5.53. The van der Waals surface area contributed by atoms with E-state index < -0.39 is 17.3 Å². The van der Waals surface area contributed by atoms with Gasteiger partial charge in [-0.3, -0.25) is 4.79 Å². The molecule has 0 aromatic rings. The van der Waals surface area contributed by atoms with Crippen LogP contribution in [-0.2, 0) is 4.79 Å². The van der Waals surface area contributed by atoms with Crippen molar-refractivity contribution >= 4 is 5.97 Å². The molecule has 1 N–H and O–H groups in total. The first kappa shape index (κ1) is 7.44. The van der Waals surface area contributed by atoms with Crippen LogP contribution in [0.2, 0.25) is 0 Å². The predicted molar refractivity (Wildman–Crippen MR) is 29.9 cm³/mol. The molecule has 0 aromatic carbocycles. The first-order valence-corrected chi connectivity index (χ1v) is 3.01. The third-order valence-corrected chi connectivity index (χ3v) is 2.00. The molecule has 0 aliphatic heterocycles. The fraction of sp³-hybridized carbons (Fsp3) is 0.833. The fourth-order valence-corrected chi connectivity index (χ4v) is 0.966. The quantitative estimate of drug-likeness (QED) is 0.647. The van der Waals surface area contributed by atoms with Gasteiger partial charge in [0.05, 0.1) is 0 Å². The zero-order chi connectivity index (χ0) is 7.99. The third kappa shape index (κ3) is 0.786. The van der Waals surface area contributed by atoms with Crippen molar-refractivity contribution < 1.29 is 18.7 Å². The van der Waals surface area contributed by atoms with Crippen LogP contribution < -0.4 is 0 Å². The van der Waals surface area contributed by atoms with E-state index in [9.17, 15) is 13.6 Å². The van der Waals surface area contributed by atoms with Crippen molar-refractivity contribution in [2.75, 3.05) is 0 Å². The van der Waals surface area contributed by atoms with Crippen molar-refractivity contribution in [1.82, 2.24) is 0 Å². The van der Waals surface area contributed by atoms with E-state index in [1.807, 2.05) is 0 Å². The van der Waals surface area contributed by atoms with Gasteiger partial charge in [-0.1, -0.05) is 0 Å². The average Bonchev–Trinajstić information content (AvgIpc) is 2.36. The number of alkyl halides is 2. The van der Waals surface area contributed by atoms with Crippen LogP contribution in [0.25, 0.3) is 0 Å². The Morgan fingerprint density at radius 2 is 2.00 bits per heavy atom. The first-order valence-electron chi connectivity index (χ1n) is 3.01. The van der Waals surface area contributed by atoms with E-state index in [1.54, 1.807) is 0 Å². The molecule has 1 aliphatic rings. The maximum atomic E-state index is 12.4. The van der Waals surface area contributed by atoms with Crippen molar-refractivity contribution in [3.05, 3.63) is 0 Å². The second kappa shape index (κ2) is 1.68. The van der Waals surface area contributed by atoms with Crippen LogP contribution in [0.5, 0.6) is 0 Å². The lowest BCUT2D eigenvalue weighted by molar-refractivity contribution is -0.159. The van der Waals surface area contributed by atoms with Crippen molar-refractivity contribution in [1.29, 1.82) is 0 Å². The van der Waals surface area contributed by atoms with Crippen LogP contribution in [0, 0.1) is 5.41 Å². The van der Waals surface area contributed by atoms with Crippen LogP contribution >= 0.6 is 0 Å². The van der Waals surface area contributed by atoms with Gasteiger partial charge in [0.25, 0.3) is 5.92 Å².